The number of fused-ring (bicyclic) bond motifs is 2. The highest BCUT2D eigenvalue weighted by Crippen LogP contribution is 2.69. The molecule has 3 amide bonds. The average molecular weight is 638 g/mol. The van der Waals surface area contributed by atoms with Gasteiger partial charge in [-0.05, 0) is 53.6 Å². The van der Waals surface area contributed by atoms with Gasteiger partial charge in [-0.15, -0.1) is 24.9 Å². The number of hydrogen-bond acceptors (Lipinski definition) is 5. The number of aliphatic hydroxyl groups excluding tert-OH is 1. The lowest BCUT2D eigenvalue weighted by Gasteiger charge is -2.41. The van der Waals surface area contributed by atoms with Crippen molar-refractivity contribution in [1.29, 1.82) is 0 Å². The molecule has 6 rings (SSSR count). The number of hydrogen-bond donors (Lipinski definition) is 1. The lowest BCUT2D eigenvalue weighted by molar-refractivity contribution is -0.144. The van der Waals surface area contributed by atoms with Crippen LogP contribution in [0.4, 0.5) is 5.69 Å². The zero-order valence-electron chi connectivity index (χ0n) is 26.5. The molecule has 6 atom stereocenters. The van der Waals surface area contributed by atoms with Gasteiger partial charge in [0.2, 0.25) is 11.8 Å². The molecule has 7 nitrogen and oxygen atoms in total. The van der Waals surface area contributed by atoms with Crippen molar-refractivity contribution < 1.29 is 19.5 Å². The van der Waals surface area contributed by atoms with Gasteiger partial charge in [-0.25, -0.2) is 0 Å². The molecule has 240 valence electrons. The van der Waals surface area contributed by atoms with Gasteiger partial charge >= 0.3 is 0 Å². The number of thioether (sulfide) groups is 1. The van der Waals surface area contributed by atoms with Crippen LogP contribution in [0, 0.1) is 17.8 Å². The maximum Gasteiger partial charge on any atom is 0.251 e. The fourth-order valence-electron chi connectivity index (χ4n) is 8.06. The minimum Gasteiger partial charge on any atom is -0.396 e. The third-order valence-corrected chi connectivity index (χ3v) is 12.1. The van der Waals surface area contributed by atoms with Gasteiger partial charge in [0.25, 0.3) is 5.91 Å². The van der Waals surface area contributed by atoms with Gasteiger partial charge < -0.3 is 19.8 Å². The summed E-state index contributed by atoms with van der Waals surface area (Å²) < 4.78 is -0.735. The molecule has 8 heteroatoms. The van der Waals surface area contributed by atoms with Crippen molar-refractivity contribution >= 4 is 45.9 Å². The molecule has 3 aliphatic rings. The lowest BCUT2D eigenvalue weighted by atomic mass is 9.65. The molecule has 3 aliphatic heterocycles. The molecule has 3 fully saturated rings. The van der Waals surface area contributed by atoms with Gasteiger partial charge in [0, 0.05) is 43.7 Å². The van der Waals surface area contributed by atoms with Crippen molar-refractivity contribution in [3.05, 3.63) is 104 Å². The number of benzene rings is 3. The van der Waals surface area contributed by atoms with Crippen molar-refractivity contribution in [1.82, 2.24) is 9.80 Å². The summed E-state index contributed by atoms with van der Waals surface area (Å²) in [6.45, 7) is 11.5. The van der Waals surface area contributed by atoms with Crippen LogP contribution in [0.1, 0.15) is 31.7 Å². The van der Waals surface area contributed by atoms with Crippen LogP contribution >= 0.6 is 11.8 Å². The summed E-state index contributed by atoms with van der Waals surface area (Å²) in [6.07, 6.45) is 5.33. The van der Waals surface area contributed by atoms with E-state index >= 15 is 0 Å². The van der Waals surface area contributed by atoms with Crippen LogP contribution in [-0.2, 0) is 20.9 Å². The second kappa shape index (κ2) is 13.5. The Morgan fingerprint density at radius 3 is 2.41 bits per heavy atom. The van der Waals surface area contributed by atoms with E-state index in [1.54, 1.807) is 33.7 Å². The summed E-state index contributed by atoms with van der Waals surface area (Å²) in [4.78, 5) is 49.5. The van der Waals surface area contributed by atoms with Crippen molar-refractivity contribution in [3.63, 3.8) is 0 Å². The minimum atomic E-state index is -0.736. The lowest BCUT2D eigenvalue weighted by Crippen LogP contribution is -2.57. The Kier molecular flexibility index (Phi) is 9.39. The van der Waals surface area contributed by atoms with Gasteiger partial charge in [-0.3, -0.25) is 14.4 Å². The van der Waals surface area contributed by atoms with E-state index in [9.17, 15) is 19.5 Å². The number of carbonyl (C=O) groups is 3. The average Bonchev–Trinajstić information content (AvgIpc) is 3.66. The second-order valence-electron chi connectivity index (χ2n) is 12.8. The van der Waals surface area contributed by atoms with E-state index in [0.29, 0.717) is 39.0 Å². The maximum absolute atomic E-state index is 15.0. The predicted octanol–water partition coefficient (Wildman–Crippen LogP) is 5.68. The van der Waals surface area contributed by atoms with Gasteiger partial charge in [0.05, 0.1) is 16.6 Å². The van der Waals surface area contributed by atoms with Crippen LogP contribution in [0.25, 0.3) is 10.8 Å². The SMILES string of the molecule is C=CCN(Cc1ccccc1)C(=O)[C@@H]1[C@@H]2CC(C)C3(S2)C(C(=O)N(CC=C)c2ccc4ccccc4c2)N(CCCCO)C(=O)[C@H]13. The Morgan fingerprint density at radius 2 is 1.70 bits per heavy atom. The molecule has 0 aromatic heterocycles. The molecular formula is C38H43N3O4S. The van der Waals surface area contributed by atoms with E-state index in [1.165, 1.54) is 0 Å². The van der Waals surface area contributed by atoms with Gasteiger partial charge in [0.15, 0.2) is 0 Å². The van der Waals surface area contributed by atoms with E-state index < -0.39 is 22.6 Å². The number of likely N-dealkylation sites (tertiary alicyclic amines) is 1. The highest BCUT2D eigenvalue weighted by molar-refractivity contribution is 8.02. The van der Waals surface area contributed by atoms with E-state index in [2.05, 4.69) is 20.1 Å². The van der Waals surface area contributed by atoms with E-state index in [4.69, 9.17) is 0 Å². The van der Waals surface area contributed by atoms with Crippen molar-refractivity contribution in [2.75, 3.05) is 31.1 Å². The largest absolute Gasteiger partial charge is 0.396 e. The molecule has 3 unspecified atom stereocenters. The molecule has 0 saturated carbocycles. The van der Waals surface area contributed by atoms with Gasteiger partial charge in [0.1, 0.15) is 6.04 Å². The zero-order chi connectivity index (χ0) is 32.4. The third kappa shape index (κ3) is 5.45. The number of aliphatic hydroxyl groups is 1. The van der Waals surface area contributed by atoms with Crippen LogP contribution in [0.5, 0.6) is 0 Å². The molecule has 3 heterocycles. The third-order valence-electron chi connectivity index (χ3n) is 10.1. The quantitative estimate of drug-likeness (QED) is 0.193. The van der Waals surface area contributed by atoms with Crippen LogP contribution in [0.2, 0.25) is 0 Å². The van der Waals surface area contributed by atoms with Crippen LogP contribution in [0.3, 0.4) is 0 Å². The summed E-state index contributed by atoms with van der Waals surface area (Å²) in [6, 6.07) is 23.2. The summed E-state index contributed by atoms with van der Waals surface area (Å²) in [7, 11) is 0. The Balaban J connectivity index is 1.39. The van der Waals surface area contributed by atoms with E-state index in [0.717, 1.165) is 28.4 Å². The first kappa shape index (κ1) is 32.1. The van der Waals surface area contributed by atoms with E-state index in [1.807, 2.05) is 77.7 Å². The molecule has 3 aromatic rings. The highest BCUT2D eigenvalue weighted by atomic mass is 32.2. The summed E-state index contributed by atoms with van der Waals surface area (Å²) in [5.41, 5.74) is 1.77. The standard InChI is InChI=1S/C38H43N3O4S/c1-4-19-39(25-27-13-7-6-8-14-27)35(43)32-31-23-26(3)38(46-31)33(32)36(44)41(21-11-12-22-42)34(38)37(45)40(20-5-2)30-18-17-28-15-9-10-16-29(28)24-30/h4-10,13-18,24,26,31-34,42H,1-2,11-12,19-23,25H2,3H3/t26?,31-,32+,33-,34?,38?/m0/s1. The number of amides is 3. The number of rotatable bonds is 13. The van der Waals surface area contributed by atoms with Gasteiger partial charge in [-0.1, -0.05) is 79.7 Å². The topological polar surface area (TPSA) is 81.2 Å². The Morgan fingerprint density at radius 1 is 0.978 bits per heavy atom. The van der Waals surface area contributed by atoms with Gasteiger partial charge in [-0.2, -0.15) is 0 Å². The van der Waals surface area contributed by atoms with Crippen LogP contribution in [0.15, 0.2) is 98.1 Å². The molecule has 3 aromatic carbocycles. The number of unbranched alkanes of at least 4 members (excludes halogenated alkanes) is 1. The fraction of sp³-hybridized carbons (Fsp3) is 0.395. The molecule has 0 aliphatic carbocycles. The smallest absolute Gasteiger partial charge is 0.251 e. The molecule has 2 bridgehead atoms. The van der Waals surface area contributed by atoms with Crippen molar-refractivity contribution in [3.8, 4) is 0 Å². The molecule has 46 heavy (non-hydrogen) atoms. The Labute approximate surface area is 275 Å². The number of anilines is 1. The zero-order valence-corrected chi connectivity index (χ0v) is 27.3. The molecule has 1 N–H and O–H groups in total. The van der Waals surface area contributed by atoms with Crippen LogP contribution < -0.4 is 4.90 Å². The maximum atomic E-state index is 15.0. The summed E-state index contributed by atoms with van der Waals surface area (Å²) >= 11 is 1.69. The van der Waals surface area contributed by atoms with Crippen LogP contribution in [-0.4, -0.2) is 74.9 Å². The summed E-state index contributed by atoms with van der Waals surface area (Å²) in [5.74, 6) is -1.38. The molecular weight excluding hydrogens is 595 g/mol. The predicted molar refractivity (Wildman–Crippen MR) is 185 cm³/mol. The first-order valence-electron chi connectivity index (χ1n) is 16.3. The number of carbonyl (C=O) groups excluding carboxylic acids is 3. The normalized spacial score (nSPS) is 26.3. The number of nitrogens with zero attached hydrogens (tertiary/aromatic N) is 3. The second-order valence-corrected chi connectivity index (χ2v) is 14.3. The summed E-state index contributed by atoms with van der Waals surface area (Å²) in [5, 5.41) is 11.6. The van der Waals surface area contributed by atoms with Crippen molar-refractivity contribution in [2.24, 2.45) is 17.8 Å². The fourth-order valence-corrected chi connectivity index (χ4v) is 10.5. The Hall–Kier alpha value is -3.88. The molecule has 3 saturated heterocycles. The highest BCUT2D eigenvalue weighted by Gasteiger charge is 2.76. The molecule has 1 spiro atoms. The first-order valence-corrected chi connectivity index (χ1v) is 17.2. The van der Waals surface area contributed by atoms with Crippen molar-refractivity contribution in [2.45, 2.75) is 48.8 Å². The van der Waals surface area contributed by atoms with E-state index in [-0.39, 0.29) is 35.5 Å². The monoisotopic (exact) mass is 637 g/mol. The minimum absolute atomic E-state index is 0.0131. The Bertz CT molecular complexity index is 1630. The first-order chi connectivity index (χ1) is 22.3. The molecule has 0 radical (unpaired) electrons.